The average molecular weight is 493 g/mol. The summed E-state index contributed by atoms with van der Waals surface area (Å²) in [4.78, 5) is 30.1. The van der Waals surface area contributed by atoms with E-state index in [4.69, 9.17) is 0 Å². The quantitative estimate of drug-likeness (QED) is 0.477. The molecule has 2 atom stereocenters. The van der Waals surface area contributed by atoms with Gasteiger partial charge in [-0.15, -0.1) is 0 Å². The fourth-order valence-corrected chi connectivity index (χ4v) is 4.06. The van der Waals surface area contributed by atoms with Crippen LogP contribution in [0.3, 0.4) is 0 Å². The number of aromatic nitrogens is 2. The van der Waals surface area contributed by atoms with Gasteiger partial charge in [0.2, 0.25) is 0 Å². The molecule has 3 aromatic rings. The monoisotopic (exact) mass is 493 g/mol. The summed E-state index contributed by atoms with van der Waals surface area (Å²) in [5, 5.41) is 8.31. The van der Waals surface area contributed by atoms with Gasteiger partial charge in [-0.3, -0.25) is 14.9 Å². The van der Waals surface area contributed by atoms with Gasteiger partial charge in [0, 0.05) is 19.4 Å². The minimum absolute atomic E-state index is 0.0752. The first kappa shape index (κ1) is 24.3. The second kappa shape index (κ2) is 8.77. The molecular formula is C23H20F5N5O2. The predicted molar refractivity (Wildman–Crippen MR) is 115 cm³/mol. The van der Waals surface area contributed by atoms with Gasteiger partial charge in [0.05, 0.1) is 23.8 Å². The topological polar surface area (TPSA) is 88.1 Å². The summed E-state index contributed by atoms with van der Waals surface area (Å²) in [5.74, 6) is -3.58. The Labute approximate surface area is 196 Å². The van der Waals surface area contributed by atoms with E-state index in [-0.39, 0.29) is 23.2 Å². The zero-order chi connectivity index (χ0) is 25.5. The number of alkyl halides is 3. The molecule has 2 amide bonds. The molecule has 35 heavy (non-hydrogen) atoms. The number of hydrogen-bond acceptors (Lipinski definition) is 4. The molecule has 2 unspecified atom stereocenters. The molecule has 3 N–H and O–H groups in total. The lowest BCUT2D eigenvalue weighted by molar-refractivity contribution is -0.137. The number of hydrogen-bond donors (Lipinski definition) is 3. The summed E-state index contributed by atoms with van der Waals surface area (Å²) in [6.07, 6.45) is -1.93. The van der Waals surface area contributed by atoms with E-state index in [0.29, 0.717) is 11.9 Å². The molecule has 0 spiro atoms. The van der Waals surface area contributed by atoms with Crippen molar-refractivity contribution in [3.8, 4) is 11.1 Å². The minimum Gasteiger partial charge on any atom is -0.349 e. The van der Waals surface area contributed by atoms with Crippen LogP contribution in [0.5, 0.6) is 0 Å². The third-order valence-corrected chi connectivity index (χ3v) is 5.74. The first-order chi connectivity index (χ1) is 16.4. The zero-order valence-corrected chi connectivity index (χ0v) is 18.5. The first-order valence-corrected chi connectivity index (χ1v) is 10.4. The van der Waals surface area contributed by atoms with Crippen LogP contribution in [0.1, 0.15) is 28.7 Å². The maximum atomic E-state index is 14.1. The van der Waals surface area contributed by atoms with E-state index in [2.05, 4.69) is 20.9 Å². The van der Waals surface area contributed by atoms with Crippen molar-refractivity contribution in [3.05, 3.63) is 77.4 Å². The van der Waals surface area contributed by atoms with Crippen molar-refractivity contribution in [2.45, 2.75) is 24.8 Å². The van der Waals surface area contributed by atoms with Crippen molar-refractivity contribution >= 4 is 11.8 Å². The number of nitrogens with one attached hydrogen (secondary N) is 3. The molecule has 7 nitrogen and oxygen atoms in total. The number of benzene rings is 2. The molecule has 1 aliphatic rings. The highest BCUT2D eigenvalue weighted by Gasteiger charge is 2.49. The molecule has 2 aromatic carbocycles. The second-order valence-corrected chi connectivity index (χ2v) is 8.18. The highest BCUT2D eigenvalue weighted by molar-refractivity contribution is 6.01. The minimum atomic E-state index is -4.59. The number of aryl methyl sites for hydroxylation is 1. The molecule has 1 aliphatic heterocycles. The van der Waals surface area contributed by atoms with E-state index in [1.807, 2.05) is 0 Å². The molecule has 1 aromatic heterocycles. The van der Waals surface area contributed by atoms with Gasteiger partial charge >= 0.3 is 6.18 Å². The predicted octanol–water partition coefficient (Wildman–Crippen LogP) is 3.07. The Morgan fingerprint density at radius 1 is 1.17 bits per heavy atom. The highest BCUT2D eigenvalue weighted by atomic mass is 19.4. The van der Waals surface area contributed by atoms with Crippen molar-refractivity contribution < 1.29 is 31.5 Å². The van der Waals surface area contributed by atoms with Crippen LogP contribution in [0.2, 0.25) is 0 Å². The average Bonchev–Trinajstić information content (AvgIpc) is 3.35. The van der Waals surface area contributed by atoms with Crippen LogP contribution in [0.25, 0.3) is 11.1 Å². The largest absolute Gasteiger partial charge is 0.416 e. The third kappa shape index (κ3) is 4.48. The Kier molecular flexibility index (Phi) is 6.09. The molecule has 0 saturated carbocycles. The van der Waals surface area contributed by atoms with Crippen molar-refractivity contribution in [3.63, 3.8) is 0 Å². The van der Waals surface area contributed by atoms with E-state index in [0.717, 1.165) is 30.3 Å². The molecular weight excluding hydrogens is 473 g/mol. The Bertz CT molecular complexity index is 1290. The molecule has 12 heteroatoms. The fourth-order valence-electron chi connectivity index (χ4n) is 4.06. The van der Waals surface area contributed by atoms with Gasteiger partial charge < -0.3 is 15.2 Å². The summed E-state index contributed by atoms with van der Waals surface area (Å²) in [7, 11) is 1.67. The van der Waals surface area contributed by atoms with Gasteiger partial charge in [0.25, 0.3) is 11.8 Å². The number of amides is 2. The molecule has 4 rings (SSSR count). The smallest absolute Gasteiger partial charge is 0.349 e. The molecule has 0 bridgehead atoms. The number of halogens is 5. The molecule has 1 fully saturated rings. The maximum Gasteiger partial charge on any atom is 0.416 e. The molecule has 0 radical (unpaired) electrons. The second-order valence-electron chi connectivity index (χ2n) is 8.18. The van der Waals surface area contributed by atoms with Crippen LogP contribution in [-0.4, -0.2) is 34.1 Å². The lowest BCUT2D eigenvalue weighted by atomic mass is 9.96. The van der Waals surface area contributed by atoms with Crippen LogP contribution in [0.4, 0.5) is 22.0 Å². The fraction of sp³-hybridized carbons (Fsp3) is 0.261. The van der Waals surface area contributed by atoms with Crippen LogP contribution in [0.15, 0.2) is 48.8 Å². The van der Waals surface area contributed by atoms with E-state index in [9.17, 15) is 31.5 Å². The Hall–Kier alpha value is -3.80. The lowest BCUT2D eigenvalue weighted by Gasteiger charge is -2.27. The normalized spacial score (nSPS) is 20.1. The molecule has 0 aliphatic carbocycles. The van der Waals surface area contributed by atoms with E-state index in [1.54, 1.807) is 24.7 Å². The summed E-state index contributed by atoms with van der Waals surface area (Å²) in [6, 6.07) is 5.09. The summed E-state index contributed by atoms with van der Waals surface area (Å²) in [6.45, 7) is 1.40. The third-order valence-electron chi connectivity index (χ3n) is 5.74. The van der Waals surface area contributed by atoms with Gasteiger partial charge in [-0.05, 0) is 42.3 Å². The van der Waals surface area contributed by atoms with E-state index in [1.165, 1.54) is 6.20 Å². The Morgan fingerprint density at radius 2 is 1.83 bits per heavy atom. The summed E-state index contributed by atoms with van der Waals surface area (Å²) < 4.78 is 68.4. The SMILES string of the molecule is CC1NC(=O)C(CNC(=O)c2cc(F)c(F)cc2-c2ccc(C(F)(F)F)cc2)(c2nccn2C)N1. The van der Waals surface area contributed by atoms with Crippen molar-refractivity contribution in [1.82, 2.24) is 25.5 Å². The number of carbonyl (C=O) groups excluding carboxylic acids is 2. The number of rotatable bonds is 5. The van der Waals surface area contributed by atoms with E-state index < -0.39 is 46.9 Å². The van der Waals surface area contributed by atoms with Gasteiger partial charge in [-0.1, -0.05) is 12.1 Å². The van der Waals surface area contributed by atoms with Crippen molar-refractivity contribution in [1.29, 1.82) is 0 Å². The first-order valence-electron chi connectivity index (χ1n) is 10.4. The Balaban J connectivity index is 1.68. The number of nitrogens with zero attached hydrogens (tertiary/aromatic N) is 2. The molecule has 2 heterocycles. The van der Waals surface area contributed by atoms with Crippen LogP contribution < -0.4 is 16.0 Å². The highest BCUT2D eigenvalue weighted by Crippen LogP contribution is 2.33. The van der Waals surface area contributed by atoms with Crippen molar-refractivity contribution in [2.75, 3.05) is 6.54 Å². The summed E-state index contributed by atoms with van der Waals surface area (Å²) >= 11 is 0. The summed E-state index contributed by atoms with van der Waals surface area (Å²) in [5.41, 5.74) is -2.73. The maximum absolute atomic E-state index is 14.1. The van der Waals surface area contributed by atoms with Gasteiger partial charge in [-0.25, -0.2) is 13.8 Å². The van der Waals surface area contributed by atoms with Crippen LogP contribution in [-0.2, 0) is 23.6 Å². The Morgan fingerprint density at radius 3 is 2.37 bits per heavy atom. The van der Waals surface area contributed by atoms with Crippen molar-refractivity contribution in [2.24, 2.45) is 7.05 Å². The standard InChI is InChI=1S/C23H20F5N5O2/c1-12-31-21(35)22(32-12,20-29-7-8-33(20)2)11-30-19(34)16-10-18(25)17(24)9-15(16)13-3-5-14(6-4-13)23(26,27)28/h3-10,12,32H,11H2,1-2H3,(H,30,34)(H,31,35). The number of carbonyl (C=O) groups is 2. The van der Waals surface area contributed by atoms with Gasteiger partial charge in [0.1, 0.15) is 5.82 Å². The van der Waals surface area contributed by atoms with E-state index >= 15 is 0 Å². The van der Waals surface area contributed by atoms with Gasteiger partial charge in [0.15, 0.2) is 17.2 Å². The van der Waals surface area contributed by atoms with Crippen LogP contribution >= 0.6 is 0 Å². The van der Waals surface area contributed by atoms with Crippen LogP contribution in [0, 0.1) is 11.6 Å². The molecule has 1 saturated heterocycles. The van der Waals surface area contributed by atoms with Gasteiger partial charge in [-0.2, -0.15) is 13.2 Å². The lowest BCUT2D eigenvalue weighted by Crippen LogP contribution is -2.54. The molecule has 184 valence electrons. The number of imidazole rings is 1. The zero-order valence-electron chi connectivity index (χ0n) is 18.5.